The highest BCUT2D eigenvalue weighted by atomic mass is 16.7. The van der Waals surface area contributed by atoms with Crippen LogP contribution in [0.1, 0.15) is 86.9 Å². The van der Waals surface area contributed by atoms with Gasteiger partial charge in [-0.15, -0.1) is 0 Å². The molecule has 4 rings (SSSR count). The van der Waals surface area contributed by atoms with Crippen molar-refractivity contribution in [2.24, 2.45) is 0 Å². The fraction of sp³-hybridized carbons (Fsp3) is 0.533. The molecule has 206 valence electrons. The van der Waals surface area contributed by atoms with Gasteiger partial charge in [0.2, 0.25) is 5.91 Å². The van der Waals surface area contributed by atoms with E-state index in [0.29, 0.717) is 24.9 Å². The third-order valence-electron chi connectivity index (χ3n) is 7.29. The number of carboxylic acid groups (broad SMARTS) is 1. The van der Waals surface area contributed by atoms with Crippen LogP contribution in [0.3, 0.4) is 0 Å². The van der Waals surface area contributed by atoms with Crippen molar-refractivity contribution >= 4 is 17.6 Å². The first-order valence-corrected chi connectivity index (χ1v) is 13.8. The number of piperidine rings is 1. The first kappa shape index (κ1) is 28.2. The number of carboxylic acids is 1. The maximum Gasteiger partial charge on any atom is 0.303 e. The van der Waals surface area contributed by atoms with Crippen LogP contribution in [-0.2, 0) is 25.7 Å². The Bertz CT molecular complexity index is 1020. The lowest BCUT2D eigenvalue weighted by atomic mass is 9.99. The van der Waals surface area contributed by atoms with Crippen LogP contribution in [0.5, 0.6) is 0 Å². The Balaban J connectivity index is 1.37. The molecular formula is C30H40N2O6. The SMILES string of the molecule is O=C(O)CCCCCC(=O)Nc1ccc(C2OC(CN3CCCCC3)CC(c3ccc(CO)cc3)O2)cc1. The summed E-state index contributed by atoms with van der Waals surface area (Å²) in [5, 5.41) is 21.0. The second-order valence-electron chi connectivity index (χ2n) is 10.3. The number of nitrogens with one attached hydrogen (secondary N) is 1. The first-order valence-electron chi connectivity index (χ1n) is 13.8. The molecule has 0 bridgehead atoms. The minimum absolute atomic E-state index is 0.0166. The summed E-state index contributed by atoms with van der Waals surface area (Å²) in [6, 6.07) is 15.5. The number of unbranched alkanes of at least 4 members (excludes halogenated alkanes) is 2. The van der Waals surface area contributed by atoms with Crippen molar-refractivity contribution < 1.29 is 29.3 Å². The Morgan fingerprint density at radius 1 is 0.868 bits per heavy atom. The fourth-order valence-corrected chi connectivity index (χ4v) is 5.15. The van der Waals surface area contributed by atoms with Gasteiger partial charge in [0, 0.05) is 37.1 Å². The average Bonchev–Trinajstić information content (AvgIpc) is 2.93. The van der Waals surface area contributed by atoms with Crippen molar-refractivity contribution in [2.45, 2.75) is 82.9 Å². The molecule has 2 aliphatic heterocycles. The van der Waals surface area contributed by atoms with E-state index in [1.54, 1.807) is 0 Å². The van der Waals surface area contributed by atoms with E-state index in [9.17, 15) is 14.7 Å². The molecule has 2 aromatic carbocycles. The summed E-state index contributed by atoms with van der Waals surface area (Å²) >= 11 is 0. The summed E-state index contributed by atoms with van der Waals surface area (Å²) in [6.45, 7) is 3.11. The van der Waals surface area contributed by atoms with E-state index < -0.39 is 12.3 Å². The lowest BCUT2D eigenvalue weighted by Crippen LogP contribution is -2.41. The Hall–Kier alpha value is -2.78. The maximum atomic E-state index is 12.3. The zero-order valence-corrected chi connectivity index (χ0v) is 22.0. The smallest absolute Gasteiger partial charge is 0.303 e. The van der Waals surface area contributed by atoms with Gasteiger partial charge in [-0.2, -0.15) is 0 Å². The van der Waals surface area contributed by atoms with Crippen molar-refractivity contribution in [3.63, 3.8) is 0 Å². The highest BCUT2D eigenvalue weighted by Crippen LogP contribution is 2.38. The molecule has 0 aliphatic carbocycles. The van der Waals surface area contributed by atoms with E-state index in [-0.39, 0.29) is 31.1 Å². The van der Waals surface area contributed by atoms with Gasteiger partial charge < -0.3 is 29.9 Å². The van der Waals surface area contributed by atoms with Crippen molar-refractivity contribution in [3.8, 4) is 0 Å². The fourth-order valence-electron chi connectivity index (χ4n) is 5.15. The normalized spacial score (nSPS) is 22.2. The molecule has 3 atom stereocenters. The van der Waals surface area contributed by atoms with E-state index in [0.717, 1.165) is 49.2 Å². The zero-order chi connectivity index (χ0) is 26.7. The van der Waals surface area contributed by atoms with E-state index in [1.807, 2.05) is 48.5 Å². The lowest BCUT2D eigenvalue weighted by molar-refractivity contribution is -0.253. The summed E-state index contributed by atoms with van der Waals surface area (Å²) in [7, 11) is 0. The molecule has 2 aromatic rings. The Kier molecular flexibility index (Phi) is 10.7. The molecule has 2 fully saturated rings. The molecular weight excluding hydrogens is 484 g/mol. The van der Waals surface area contributed by atoms with Gasteiger partial charge >= 0.3 is 5.97 Å². The van der Waals surface area contributed by atoms with Crippen LogP contribution < -0.4 is 5.32 Å². The van der Waals surface area contributed by atoms with Gasteiger partial charge in [-0.05, 0) is 62.0 Å². The molecule has 3 N–H and O–H groups in total. The number of carbonyl (C=O) groups excluding carboxylic acids is 1. The van der Waals surface area contributed by atoms with Crippen molar-refractivity contribution in [1.82, 2.24) is 4.90 Å². The molecule has 3 unspecified atom stereocenters. The number of benzene rings is 2. The van der Waals surface area contributed by atoms with E-state index in [1.165, 1.54) is 19.3 Å². The highest BCUT2D eigenvalue weighted by molar-refractivity contribution is 5.90. The van der Waals surface area contributed by atoms with Crippen LogP contribution in [0.2, 0.25) is 0 Å². The largest absolute Gasteiger partial charge is 0.481 e. The van der Waals surface area contributed by atoms with E-state index in [4.69, 9.17) is 14.6 Å². The number of rotatable bonds is 12. The number of aliphatic carboxylic acids is 1. The molecule has 1 amide bonds. The number of hydrogen-bond donors (Lipinski definition) is 3. The van der Waals surface area contributed by atoms with Crippen molar-refractivity contribution in [3.05, 3.63) is 65.2 Å². The standard InChI is InChI=1S/C30H40N2O6/c33-21-22-9-11-23(12-10-22)27-19-26(20-32-17-5-2-6-18-32)37-30(38-27)24-13-15-25(16-14-24)31-28(34)7-3-1-4-8-29(35)36/h9-16,26-27,30,33H,1-8,17-21H2,(H,31,34)(H,35,36). The molecule has 2 saturated heterocycles. The number of amides is 1. The quantitative estimate of drug-likeness (QED) is 0.328. The maximum absolute atomic E-state index is 12.3. The predicted molar refractivity (Wildman–Crippen MR) is 145 cm³/mol. The van der Waals surface area contributed by atoms with Gasteiger partial charge in [0.25, 0.3) is 0 Å². The number of carbonyl (C=O) groups is 2. The Labute approximate surface area is 224 Å². The van der Waals surface area contributed by atoms with Gasteiger partial charge in [-0.25, -0.2) is 0 Å². The molecule has 2 heterocycles. The number of nitrogens with zero attached hydrogens (tertiary/aromatic N) is 1. The molecule has 0 aromatic heterocycles. The number of likely N-dealkylation sites (tertiary alicyclic amines) is 1. The molecule has 38 heavy (non-hydrogen) atoms. The van der Waals surface area contributed by atoms with Gasteiger partial charge in [-0.3, -0.25) is 9.59 Å². The van der Waals surface area contributed by atoms with Crippen LogP contribution in [0.15, 0.2) is 48.5 Å². The highest BCUT2D eigenvalue weighted by Gasteiger charge is 2.33. The number of anilines is 1. The third kappa shape index (κ3) is 8.63. The Morgan fingerprint density at radius 3 is 2.24 bits per heavy atom. The number of aliphatic hydroxyl groups is 1. The number of hydrogen-bond acceptors (Lipinski definition) is 6. The van der Waals surface area contributed by atoms with Crippen LogP contribution in [0, 0.1) is 0 Å². The first-order chi connectivity index (χ1) is 18.5. The number of aliphatic hydroxyl groups excluding tert-OH is 1. The van der Waals surface area contributed by atoms with Gasteiger partial charge in [0.15, 0.2) is 6.29 Å². The van der Waals surface area contributed by atoms with Gasteiger partial charge in [0.1, 0.15) is 0 Å². The summed E-state index contributed by atoms with van der Waals surface area (Å²) in [5.41, 5.74) is 3.56. The molecule has 0 saturated carbocycles. The molecule has 0 spiro atoms. The molecule has 2 aliphatic rings. The third-order valence-corrected chi connectivity index (χ3v) is 7.29. The van der Waals surface area contributed by atoms with Crippen LogP contribution >= 0.6 is 0 Å². The van der Waals surface area contributed by atoms with Crippen LogP contribution in [0.4, 0.5) is 5.69 Å². The second kappa shape index (κ2) is 14.4. The molecule has 0 radical (unpaired) electrons. The zero-order valence-electron chi connectivity index (χ0n) is 22.0. The van der Waals surface area contributed by atoms with Gasteiger partial charge in [-0.1, -0.05) is 49.2 Å². The second-order valence-corrected chi connectivity index (χ2v) is 10.3. The van der Waals surface area contributed by atoms with Crippen LogP contribution in [-0.4, -0.2) is 52.7 Å². The summed E-state index contributed by atoms with van der Waals surface area (Å²) in [4.78, 5) is 25.4. The lowest BCUT2D eigenvalue weighted by Gasteiger charge is -2.39. The molecule has 8 nitrogen and oxygen atoms in total. The summed E-state index contributed by atoms with van der Waals surface area (Å²) in [5.74, 6) is -0.879. The monoisotopic (exact) mass is 524 g/mol. The summed E-state index contributed by atoms with van der Waals surface area (Å²) < 4.78 is 12.9. The van der Waals surface area contributed by atoms with Gasteiger partial charge in [0.05, 0.1) is 18.8 Å². The minimum atomic E-state index is -0.802. The van der Waals surface area contributed by atoms with E-state index >= 15 is 0 Å². The predicted octanol–water partition coefficient (Wildman–Crippen LogP) is 5.18. The average molecular weight is 525 g/mol. The van der Waals surface area contributed by atoms with Crippen molar-refractivity contribution in [1.29, 1.82) is 0 Å². The molecule has 8 heteroatoms. The van der Waals surface area contributed by atoms with Crippen LogP contribution in [0.25, 0.3) is 0 Å². The topological polar surface area (TPSA) is 108 Å². The number of ether oxygens (including phenoxy) is 2. The minimum Gasteiger partial charge on any atom is -0.481 e. The van der Waals surface area contributed by atoms with Crippen molar-refractivity contribution in [2.75, 3.05) is 25.0 Å². The van der Waals surface area contributed by atoms with E-state index in [2.05, 4.69) is 10.2 Å². The summed E-state index contributed by atoms with van der Waals surface area (Å²) in [6.07, 6.45) is 6.41. The Morgan fingerprint density at radius 2 is 1.55 bits per heavy atom.